The fourth-order valence-electron chi connectivity index (χ4n) is 3.02. The summed E-state index contributed by atoms with van der Waals surface area (Å²) >= 11 is 0. The van der Waals surface area contributed by atoms with Crippen molar-refractivity contribution in [2.45, 2.75) is 43.9 Å². The third-order valence-corrected chi connectivity index (χ3v) is 5.39. The summed E-state index contributed by atoms with van der Waals surface area (Å²) in [5.41, 5.74) is 0.537. The number of sulfone groups is 1. The van der Waals surface area contributed by atoms with E-state index in [9.17, 15) is 13.2 Å². The van der Waals surface area contributed by atoms with Gasteiger partial charge in [-0.05, 0) is 30.9 Å². The van der Waals surface area contributed by atoms with Crippen LogP contribution in [0, 0.1) is 11.8 Å². The SMILES string of the molecule is CCC1CCCC(C(=O)c2cccc(S(C)(=O)=O)c2)C1. The van der Waals surface area contributed by atoms with E-state index in [1.165, 1.54) is 18.7 Å². The van der Waals surface area contributed by atoms with Gasteiger partial charge in [0.1, 0.15) is 0 Å². The lowest BCUT2D eigenvalue weighted by atomic mass is 9.77. The van der Waals surface area contributed by atoms with E-state index in [0.717, 1.165) is 25.7 Å². The predicted octanol–water partition coefficient (Wildman–Crippen LogP) is 3.49. The quantitative estimate of drug-likeness (QED) is 0.799. The summed E-state index contributed by atoms with van der Waals surface area (Å²) in [5.74, 6) is 0.799. The van der Waals surface area contributed by atoms with E-state index in [-0.39, 0.29) is 16.6 Å². The molecule has 1 aromatic rings. The fraction of sp³-hybridized carbons (Fsp3) is 0.562. The molecule has 2 atom stereocenters. The first-order valence-electron chi connectivity index (χ1n) is 7.26. The molecule has 1 aliphatic carbocycles. The second-order valence-electron chi connectivity index (χ2n) is 5.80. The maximum atomic E-state index is 12.5. The standard InChI is InChI=1S/C16H22O3S/c1-3-12-6-4-7-13(10-12)16(17)14-8-5-9-15(11-14)20(2,18)19/h5,8-9,11-13H,3-4,6-7,10H2,1-2H3. The van der Waals surface area contributed by atoms with Gasteiger partial charge < -0.3 is 0 Å². The Morgan fingerprint density at radius 2 is 2.05 bits per heavy atom. The summed E-state index contributed by atoms with van der Waals surface area (Å²) in [6, 6.07) is 6.45. The molecule has 0 spiro atoms. The van der Waals surface area contributed by atoms with Gasteiger partial charge in [0, 0.05) is 17.7 Å². The monoisotopic (exact) mass is 294 g/mol. The summed E-state index contributed by atoms with van der Waals surface area (Å²) in [6.07, 6.45) is 6.47. The van der Waals surface area contributed by atoms with E-state index in [4.69, 9.17) is 0 Å². The molecule has 1 aromatic carbocycles. The van der Waals surface area contributed by atoms with Gasteiger partial charge in [-0.15, -0.1) is 0 Å². The summed E-state index contributed by atoms with van der Waals surface area (Å²) in [6.45, 7) is 2.17. The lowest BCUT2D eigenvalue weighted by Crippen LogP contribution is -2.23. The molecule has 4 heteroatoms. The van der Waals surface area contributed by atoms with Crippen LogP contribution in [0.25, 0.3) is 0 Å². The minimum atomic E-state index is -3.26. The molecule has 0 radical (unpaired) electrons. The number of rotatable bonds is 4. The number of Topliss-reactive ketones (excluding diaryl/α,β-unsaturated/α-hetero) is 1. The number of hydrogen-bond donors (Lipinski definition) is 0. The number of hydrogen-bond acceptors (Lipinski definition) is 3. The van der Waals surface area contributed by atoms with E-state index in [0.29, 0.717) is 11.5 Å². The highest BCUT2D eigenvalue weighted by Gasteiger charge is 2.27. The lowest BCUT2D eigenvalue weighted by molar-refractivity contribution is 0.0862. The van der Waals surface area contributed by atoms with Crippen LogP contribution in [0.15, 0.2) is 29.2 Å². The molecule has 2 unspecified atom stereocenters. The topological polar surface area (TPSA) is 51.2 Å². The number of carbonyl (C=O) groups excluding carboxylic acids is 1. The first kappa shape index (κ1) is 15.2. The van der Waals surface area contributed by atoms with E-state index in [2.05, 4.69) is 6.92 Å². The second-order valence-corrected chi connectivity index (χ2v) is 7.82. The minimum absolute atomic E-state index is 0.0588. The molecule has 110 valence electrons. The Balaban J connectivity index is 2.21. The molecule has 1 fully saturated rings. The van der Waals surface area contributed by atoms with E-state index < -0.39 is 9.84 Å². The maximum Gasteiger partial charge on any atom is 0.175 e. The van der Waals surface area contributed by atoms with Gasteiger partial charge in [0.05, 0.1) is 4.90 Å². The van der Waals surface area contributed by atoms with Crippen molar-refractivity contribution in [3.8, 4) is 0 Å². The van der Waals surface area contributed by atoms with Crippen molar-refractivity contribution >= 4 is 15.6 Å². The zero-order valence-corrected chi connectivity index (χ0v) is 12.9. The van der Waals surface area contributed by atoms with Crippen LogP contribution in [0.5, 0.6) is 0 Å². The van der Waals surface area contributed by atoms with Crippen LogP contribution in [0.4, 0.5) is 0 Å². The van der Waals surface area contributed by atoms with Gasteiger partial charge in [-0.1, -0.05) is 38.3 Å². The first-order valence-corrected chi connectivity index (χ1v) is 9.15. The summed E-state index contributed by atoms with van der Waals surface area (Å²) in [4.78, 5) is 12.8. The van der Waals surface area contributed by atoms with Gasteiger partial charge in [-0.25, -0.2) is 8.42 Å². The van der Waals surface area contributed by atoms with Crippen molar-refractivity contribution in [2.75, 3.05) is 6.26 Å². The molecule has 1 aliphatic rings. The lowest BCUT2D eigenvalue weighted by Gasteiger charge is -2.27. The van der Waals surface area contributed by atoms with Crippen molar-refractivity contribution in [2.24, 2.45) is 11.8 Å². The predicted molar refractivity (Wildman–Crippen MR) is 79.6 cm³/mol. The molecule has 0 bridgehead atoms. The molecule has 0 amide bonds. The Morgan fingerprint density at radius 3 is 2.70 bits per heavy atom. The van der Waals surface area contributed by atoms with Gasteiger partial charge in [0.2, 0.25) is 0 Å². The first-order chi connectivity index (χ1) is 9.41. The van der Waals surface area contributed by atoms with Crippen molar-refractivity contribution in [3.05, 3.63) is 29.8 Å². The molecule has 0 N–H and O–H groups in total. The van der Waals surface area contributed by atoms with Gasteiger partial charge >= 0.3 is 0 Å². The summed E-state index contributed by atoms with van der Waals surface area (Å²) < 4.78 is 23.1. The van der Waals surface area contributed by atoms with Crippen LogP contribution in [0.2, 0.25) is 0 Å². The highest BCUT2D eigenvalue weighted by atomic mass is 32.2. The average molecular weight is 294 g/mol. The molecule has 0 saturated heterocycles. The van der Waals surface area contributed by atoms with Crippen molar-refractivity contribution in [3.63, 3.8) is 0 Å². The van der Waals surface area contributed by atoms with E-state index in [1.807, 2.05) is 0 Å². The van der Waals surface area contributed by atoms with Crippen molar-refractivity contribution < 1.29 is 13.2 Å². The molecular weight excluding hydrogens is 272 g/mol. The Labute approximate surface area is 121 Å². The molecule has 0 heterocycles. The third kappa shape index (κ3) is 3.48. The Kier molecular flexibility index (Phi) is 4.63. The summed E-state index contributed by atoms with van der Waals surface area (Å²) in [7, 11) is -3.26. The smallest absolute Gasteiger partial charge is 0.175 e. The van der Waals surface area contributed by atoms with Gasteiger partial charge in [-0.2, -0.15) is 0 Å². The van der Waals surface area contributed by atoms with Crippen LogP contribution in [0.1, 0.15) is 49.4 Å². The molecular formula is C16H22O3S. The number of ketones is 1. The Morgan fingerprint density at radius 1 is 1.30 bits per heavy atom. The van der Waals surface area contributed by atoms with E-state index >= 15 is 0 Å². The largest absolute Gasteiger partial charge is 0.294 e. The van der Waals surface area contributed by atoms with Gasteiger partial charge in [-0.3, -0.25) is 4.79 Å². The zero-order chi connectivity index (χ0) is 14.8. The highest BCUT2D eigenvalue weighted by molar-refractivity contribution is 7.90. The van der Waals surface area contributed by atoms with Crippen molar-refractivity contribution in [1.82, 2.24) is 0 Å². The average Bonchev–Trinajstić information content (AvgIpc) is 2.46. The highest BCUT2D eigenvalue weighted by Crippen LogP contribution is 2.33. The van der Waals surface area contributed by atoms with Crippen LogP contribution in [0.3, 0.4) is 0 Å². The molecule has 20 heavy (non-hydrogen) atoms. The Bertz CT molecular complexity index is 589. The number of carbonyl (C=O) groups is 1. The molecule has 1 saturated carbocycles. The zero-order valence-electron chi connectivity index (χ0n) is 12.1. The van der Waals surface area contributed by atoms with Crippen LogP contribution in [-0.4, -0.2) is 20.5 Å². The Hall–Kier alpha value is -1.16. The molecule has 3 nitrogen and oxygen atoms in total. The van der Waals surface area contributed by atoms with E-state index in [1.54, 1.807) is 18.2 Å². The van der Waals surface area contributed by atoms with Crippen LogP contribution in [-0.2, 0) is 9.84 Å². The second kappa shape index (κ2) is 6.08. The molecule has 0 aliphatic heterocycles. The van der Waals surface area contributed by atoms with Crippen LogP contribution < -0.4 is 0 Å². The minimum Gasteiger partial charge on any atom is -0.294 e. The molecule has 2 rings (SSSR count). The van der Waals surface area contributed by atoms with Gasteiger partial charge in [0.15, 0.2) is 15.6 Å². The van der Waals surface area contributed by atoms with Crippen molar-refractivity contribution in [1.29, 1.82) is 0 Å². The summed E-state index contributed by atoms with van der Waals surface area (Å²) in [5, 5.41) is 0. The fourth-order valence-corrected chi connectivity index (χ4v) is 3.68. The normalized spacial score (nSPS) is 23.5. The third-order valence-electron chi connectivity index (χ3n) is 4.28. The van der Waals surface area contributed by atoms with Crippen LogP contribution >= 0.6 is 0 Å². The number of benzene rings is 1. The maximum absolute atomic E-state index is 12.5. The van der Waals surface area contributed by atoms with Gasteiger partial charge in [0.25, 0.3) is 0 Å². The molecule has 0 aromatic heterocycles.